The molecule has 0 aromatic rings. The summed E-state index contributed by atoms with van der Waals surface area (Å²) in [6.45, 7) is -1.57. The minimum Gasteiger partial charge on any atom is -0.477 e. The third-order valence-corrected chi connectivity index (χ3v) is 4.31. The van der Waals surface area contributed by atoms with Crippen molar-refractivity contribution in [1.82, 2.24) is 0 Å². The largest absolute Gasteiger partial charge is 0.477 e. The van der Waals surface area contributed by atoms with Crippen LogP contribution in [0.3, 0.4) is 0 Å². The number of carboxylic acid groups (broad SMARTS) is 1. The van der Waals surface area contributed by atoms with Crippen molar-refractivity contribution in [2.45, 2.75) is 67.1 Å². The molecule has 13 N–H and O–H groups in total. The number of carbonyl (C=O) groups is 2. The van der Waals surface area contributed by atoms with Gasteiger partial charge in [0.1, 0.15) is 42.7 Å². The van der Waals surface area contributed by atoms with E-state index in [1.165, 1.54) is 0 Å². The molecule has 0 saturated carbocycles. The first-order valence-electron chi connectivity index (χ1n) is 8.60. The molecule has 1 aliphatic heterocycles. The summed E-state index contributed by atoms with van der Waals surface area (Å²) < 4.78 is 4.75. The number of nitrogens with two attached hydrogens (primary N) is 1. The standard InChI is InChI=1S/C9H17NO8.C6H12O6/c10-5-3(12)1-9(17,8(15)16)18-7(5)6(14)4(13)2-11;7-1-3(9)5(11)6(12)4(10)2-8/h3-7,11-14,17H,1-2,10H2,(H,15,16);1,3-6,8-12H,2H2/t3-,4?,5+,6?,7+,9?;/m0./s1. The molecule has 1 rings (SSSR count). The van der Waals surface area contributed by atoms with E-state index in [2.05, 4.69) is 0 Å². The van der Waals surface area contributed by atoms with Crippen LogP contribution in [0.2, 0.25) is 0 Å². The van der Waals surface area contributed by atoms with Crippen LogP contribution in [0.1, 0.15) is 6.42 Å². The third-order valence-electron chi connectivity index (χ3n) is 4.31. The average Bonchev–Trinajstić information content (AvgIpc) is 2.73. The van der Waals surface area contributed by atoms with Crippen molar-refractivity contribution in [3.8, 4) is 0 Å². The van der Waals surface area contributed by atoms with Crippen molar-refractivity contribution in [1.29, 1.82) is 0 Å². The quantitative estimate of drug-likeness (QED) is 0.146. The Kier molecular flexibility index (Phi) is 11.9. The van der Waals surface area contributed by atoms with Crippen molar-refractivity contribution in [3.05, 3.63) is 0 Å². The average molecular weight is 447 g/mol. The molecule has 1 aliphatic rings. The van der Waals surface area contributed by atoms with Gasteiger partial charge in [0, 0.05) is 6.42 Å². The molecule has 15 nitrogen and oxygen atoms in total. The number of aldehydes is 1. The number of aliphatic carboxylic acids is 1. The van der Waals surface area contributed by atoms with Crippen LogP contribution >= 0.6 is 0 Å². The second kappa shape index (κ2) is 12.5. The fourth-order valence-corrected chi connectivity index (χ4v) is 2.37. The van der Waals surface area contributed by atoms with Crippen LogP contribution in [-0.2, 0) is 14.3 Å². The van der Waals surface area contributed by atoms with Crippen LogP contribution in [-0.4, -0.2) is 142 Å². The first-order chi connectivity index (χ1) is 13.8. The van der Waals surface area contributed by atoms with Crippen molar-refractivity contribution in [3.63, 3.8) is 0 Å². The number of carboxylic acids is 1. The van der Waals surface area contributed by atoms with E-state index in [-0.39, 0.29) is 6.29 Å². The zero-order chi connectivity index (χ0) is 23.8. The van der Waals surface area contributed by atoms with Gasteiger partial charge in [0.05, 0.1) is 25.4 Å². The summed E-state index contributed by atoms with van der Waals surface area (Å²) in [7, 11) is 0. The van der Waals surface area contributed by atoms with E-state index in [1.54, 1.807) is 0 Å². The Labute approximate surface area is 169 Å². The van der Waals surface area contributed by atoms with Gasteiger partial charge in [0.2, 0.25) is 0 Å². The van der Waals surface area contributed by atoms with Crippen molar-refractivity contribution in [2.75, 3.05) is 13.2 Å². The highest BCUT2D eigenvalue weighted by atomic mass is 16.7. The monoisotopic (exact) mass is 447 g/mol. The van der Waals surface area contributed by atoms with Crippen LogP contribution in [0.15, 0.2) is 0 Å². The summed E-state index contributed by atoms with van der Waals surface area (Å²) in [5, 5.41) is 99.0. The molecule has 1 saturated heterocycles. The van der Waals surface area contributed by atoms with Gasteiger partial charge in [0.15, 0.2) is 6.29 Å². The molecule has 0 aromatic heterocycles. The minimum absolute atomic E-state index is 0.0258. The van der Waals surface area contributed by atoms with E-state index in [0.29, 0.717) is 0 Å². The van der Waals surface area contributed by atoms with Gasteiger partial charge in [-0.25, -0.2) is 4.79 Å². The number of ether oxygens (including phenoxy) is 1. The highest BCUT2D eigenvalue weighted by Crippen LogP contribution is 2.29. The lowest BCUT2D eigenvalue weighted by Gasteiger charge is -2.43. The maximum atomic E-state index is 10.8. The van der Waals surface area contributed by atoms with Gasteiger partial charge in [-0.1, -0.05) is 0 Å². The Morgan fingerprint density at radius 1 is 1.07 bits per heavy atom. The third kappa shape index (κ3) is 7.41. The molecule has 1 heterocycles. The van der Waals surface area contributed by atoms with Gasteiger partial charge < -0.3 is 71.4 Å². The summed E-state index contributed by atoms with van der Waals surface area (Å²) in [4.78, 5) is 20.7. The van der Waals surface area contributed by atoms with Gasteiger partial charge in [0.25, 0.3) is 5.79 Å². The molecule has 0 spiro atoms. The molecule has 1 fully saturated rings. The number of carbonyl (C=O) groups excluding carboxylic acids is 1. The Morgan fingerprint density at radius 3 is 1.97 bits per heavy atom. The maximum Gasteiger partial charge on any atom is 0.364 e. The van der Waals surface area contributed by atoms with Gasteiger partial charge in [-0.05, 0) is 0 Å². The Bertz CT molecular complexity index is 537. The second-order valence-electron chi connectivity index (χ2n) is 6.62. The number of hydrogen-bond acceptors (Lipinski definition) is 14. The summed E-state index contributed by atoms with van der Waals surface area (Å²) in [5.41, 5.74) is 5.51. The van der Waals surface area contributed by atoms with E-state index in [9.17, 15) is 30.0 Å². The van der Waals surface area contributed by atoms with Crippen molar-refractivity contribution < 1.29 is 70.5 Å². The molecule has 0 aliphatic carbocycles. The predicted molar refractivity (Wildman–Crippen MR) is 92.3 cm³/mol. The zero-order valence-corrected chi connectivity index (χ0v) is 15.6. The highest BCUT2D eigenvalue weighted by Gasteiger charge is 2.52. The molecule has 178 valence electrons. The number of aliphatic hydroxyl groups is 10. The molecule has 0 aromatic carbocycles. The zero-order valence-electron chi connectivity index (χ0n) is 15.6. The Hall–Kier alpha value is -1.34. The normalized spacial score (nSPS) is 32.6. The first kappa shape index (κ1) is 28.7. The molecular weight excluding hydrogens is 418 g/mol. The van der Waals surface area contributed by atoms with Crippen LogP contribution in [0, 0.1) is 0 Å². The lowest BCUT2D eigenvalue weighted by Crippen LogP contribution is -2.65. The van der Waals surface area contributed by atoms with Gasteiger partial charge in [-0.15, -0.1) is 0 Å². The molecule has 10 atom stereocenters. The fraction of sp³-hybridized carbons (Fsp3) is 0.867. The lowest BCUT2D eigenvalue weighted by molar-refractivity contribution is -0.292. The second-order valence-corrected chi connectivity index (χ2v) is 6.62. The minimum atomic E-state index is -2.70. The molecule has 30 heavy (non-hydrogen) atoms. The Balaban J connectivity index is 0.000000612. The molecule has 0 radical (unpaired) electrons. The fourth-order valence-electron chi connectivity index (χ4n) is 2.37. The Morgan fingerprint density at radius 2 is 1.57 bits per heavy atom. The van der Waals surface area contributed by atoms with E-state index >= 15 is 0 Å². The van der Waals surface area contributed by atoms with Gasteiger partial charge in [-0.3, -0.25) is 0 Å². The smallest absolute Gasteiger partial charge is 0.364 e. The van der Waals surface area contributed by atoms with Crippen LogP contribution < -0.4 is 5.73 Å². The summed E-state index contributed by atoms with van der Waals surface area (Å²) >= 11 is 0. The van der Waals surface area contributed by atoms with Crippen LogP contribution in [0.25, 0.3) is 0 Å². The summed E-state index contributed by atoms with van der Waals surface area (Å²) in [6.07, 6.45) is -13.9. The SMILES string of the molecule is N[C@@H]1[C@@H](O)CC(O)(C(=O)O)O[C@H]1C(O)C(O)CO.O=CC(O)C(O)C(O)C(O)CO. The van der Waals surface area contributed by atoms with Gasteiger partial charge in [-0.2, -0.15) is 0 Å². The lowest BCUT2D eigenvalue weighted by atomic mass is 9.89. The predicted octanol–water partition coefficient (Wildman–Crippen LogP) is -7.43. The summed E-state index contributed by atoms with van der Waals surface area (Å²) in [6, 6.07) is -1.21. The van der Waals surface area contributed by atoms with Crippen molar-refractivity contribution in [2.24, 2.45) is 5.73 Å². The molecular formula is C15H29NO14. The van der Waals surface area contributed by atoms with E-state index in [0.717, 1.165) is 0 Å². The number of rotatable bonds is 9. The van der Waals surface area contributed by atoms with Gasteiger partial charge >= 0.3 is 5.97 Å². The van der Waals surface area contributed by atoms with E-state index in [4.69, 9.17) is 46.2 Å². The maximum absolute atomic E-state index is 10.8. The number of hydrogen-bond donors (Lipinski definition) is 12. The number of aliphatic hydroxyl groups excluding tert-OH is 9. The molecule has 15 heteroatoms. The van der Waals surface area contributed by atoms with Crippen LogP contribution in [0.4, 0.5) is 0 Å². The van der Waals surface area contributed by atoms with E-state index in [1.807, 2.05) is 0 Å². The van der Waals surface area contributed by atoms with Crippen molar-refractivity contribution >= 4 is 12.3 Å². The van der Waals surface area contributed by atoms with E-state index < -0.39 is 86.3 Å². The molecule has 0 bridgehead atoms. The summed E-state index contributed by atoms with van der Waals surface area (Å²) in [5.74, 6) is -4.44. The molecule has 7 unspecified atom stereocenters. The van der Waals surface area contributed by atoms with Crippen LogP contribution in [0.5, 0.6) is 0 Å². The topological polar surface area (TPSA) is 292 Å². The first-order valence-corrected chi connectivity index (χ1v) is 8.60. The highest BCUT2D eigenvalue weighted by molar-refractivity contribution is 5.75. The molecule has 0 amide bonds.